The molecule has 0 fully saturated rings. The van der Waals surface area contributed by atoms with Crippen LogP contribution >= 0.6 is 12.4 Å². The quantitative estimate of drug-likeness (QED) is 0.895. The Morgan fingerprint density at radius 3 is 2.48 bits per heavy atom. The van der Waals surface area contributed by atoms with Gasteiger partial charge in [0.25, 0.3) is 5.91 Å². The fourth-order valence-electron chi connectivity index (χ4n) is 2.07. The minimum Gasteiger partial charge on any atom is -0.326 e. The van der Waals surface area contributed by atoms with Gasteiger partial charge in [0.2, 0.25) is 0 Å². The van der Waals surface area contributed by atoms with E-state index in [2.05, 4.69) is 10.4 Å². The molecule has 0 saturated carbocycles. The number of hydrogen-bond donors (Lipinski definition) is 2. The molecule has 0 bridgehead atoms. The summed E-state index contributed by atoms with van der Waals surface area (Å²) in [6.07, 6.45) is -3.00. The van der Waals surface area contributed by atoms with Crippen LogP contribution in [0.5, 0.6) is 0 Å². The molecule has 0 radical (unpaired) electrons. The molecular formula is C14H16ClF3N4O. The number of carbonyl (C=O) groups is 1. The van der Waals surface area contributed by atoms with Gasteiger partial charge in [0.15, 0.2) is 0 Å². The van der Waals surface area contributed by atoms with Crippen molar-refractivity contribution in [2.75, 3.05) is 5.32 Å². The molecule has 1 amide bonds. The van der Waals surface area contributed by atoms with E-state index in [9.17, 15) is 18.0 Å². The first kappa shape index (κ1) is 19.0. The van der Waals surface area contributed by atoms with Gasteiger partial charge in [0, 0.05) is 25.5 Å². The standard InChI is InChI=1S/C14H15F3N4O.ClH/c1-8-12(7-21(2)20-8)13(22)19-11-4-9(6-18)3-10(5-11)14(15,16)17;/h3-5,7H,6,18H2,1-2H3,(H,19,22);1H. The molecule has 2 aromatic rings. The van der Waals surface area contributed by atoms with Crippen LogP contribution in [-0.4, -0.2) is 15.7 Å². The average Bonchev–Trinajstić information content (AvgIpc) is 2.76. The Bertz CT molecular complexity index is 713. The van der Waals surface area contributed by atoms with Crippen LogP contribution in [0.15, 0.2) is 24.4 Å². The number of hydrogen-bond acceptors (Lipinski definition) is 3. The van der Waals surface area contributed by atoms with Gasteiger partial charge in [-0.05, 0) is 30.7 Å². The van der Waals surface area contributed by atoms with Crippen molar-refractivity contribution in [2.24, 2.45) is 12.8 Å². The predicted molar refractivity (Wildman–Crippen MR) is 82.5 cm³/mol. The number of anilines is 1. The maximum Gasteiger partial charge on any atom is 0.416 e. The second-order valence-electron chi connectivity index (χ2n) is 4.88. The Labute approximate surface area is 137 Å². The van der Waals surface area contributed by atoms with Gasteiger partial charge in [-0.2, -0.15) is 18.3 Å². The molecule has 126 valence electrons. The molecule has 1 heterocycles. The molecule has 2 rings (SSSR count). The molecule has 1 aromatic carbocycles. The third-order valence-corrected chi connectivity index (χ3v) is 3.07. The van der Waals surface area contributed by atoms with Crippen molar-refractivity contribution < 1.29 is 18.0 Å². The van der Waals surface area contributed by atoms with E-state index < -0.39 is 17.6 Å². The molecule has 0 aliphatic rings. The van der Waals surface area contributed by atoms with E-state index in [-0.39, 0.29) is 30.2 Å². The number of amides is 1. The topological polar surface area (TPSA) is 72.9 Å². The number of alkyl halides is 3. The van der Waals surface area contributed by atoms with E-state index in [0.717, 1.165) is 12.1 Å². The van der Waals surface area contributed by atoms with Crippen LogP contribution in [0, 0.1) is 6.92 Å². The molecule has 0 aliphatic carbocycles. The SMILES string of the molecule is Cc1nn(C)cc1C(=O)Nc1cc(CN)cc(C(F)(F)F)c1.Cl. The first-order valence-corrected chi connectivity index (χ1v) is 6.43. The van der Waals surface area contributed by atoms with Crippen molar-refractivity contribution in [2.45, 2.75) is 19.6 Å². The third-order valence-electron chi connectivity index (χ3n) is 3.07. The van der Waals surface area contributed by atoms with Crippen molar-refractivity contribution in [3.63, 3.8) is 0 Å². The minimum atomic E-state index is -4.51. The van der Waals surface area contributed by atoms with Crippen molar-refractivity contribution in [1.82, 2.24) is 9.78 Å². The molecule has 0 unspecified atom stereocenters. The number of nitrogens with one attached hydrogen (secondary N) is 1. The lowest BCUT2D eigenvalue weighted by Gasteiger charge is -2.12. The van der Waals surface area contributed by atoms with Gasteiger partial charge in [-0.3, -0.25) is 9.48 Å². The average molecular weight is 349 g/mol. The van der Waals surface area contributed by atoms with Gasteiger partial charge >= 0.3 is 6.18 Å². The van der Waals surface area contributed by atoms with Crippen LogP contribution in [-0.2, 0) is 19.8 Å². The number of carbonyl (C=O) groups excluding carboxylic acids is 1. The smallest absolute Gasteiger partial charge is 0.326 e. The molecule has 9 heteroatoms. The van der Waals surface area contributed by atoms with Gasteiger partial charge < -0.3 is 11.1 Å². The predicted octanol–water partition coefficient (Wildman–Crippen LogP) is 2.88. The van der Waals surface area contributed by atoms with E-state index in [1.165, 1.54) is 16.9 Å². The van der Waals surface area contributed by atoms with Crippen molar-refractivity contribution in [1.29, 1.82) is 0 Å². The summed E-state index contributed by atoms with van der Waals surface area (Å²) in [5.74, 6) is -0.520. The van der Waals surface area contributed by atoms with E-state index in [1.54, 1.807) is 14.0 Å². The highest BCUT2D eigenvalue weighted by molar-refractivity contribution is 6.04. The molecule has 23 heavy (non-hydrogen) atoms. The summed E-state index contributed by atoms with van der Waals surface area (Å²) >= 11 is 0. The number of nitrogens with two attached hydrogens (primary N) is 1. The van der Waals surface area contributed by atoms with Gasteiger partial charge in [-0.15, -0.1) is 12.4 Å². The zero-order chi connectivity index (χ0) is 16.5. The maximum absolute atomic E-state index is 12.8. The Morgan fingerprint density at radius 1 is 1.35 bits per heavy atom. The lowest BCUT2D eigenvalue weighted by molar-refractivity contribution is -0.137. The van der Waals surface area contributed by atoms with E-state index in [1.807, 2.05) is 0 Å². The molecule has 3 N–H and O–H groups in total. The molecule has 0 saturated heterocycles. The fraction of sp³-hybridized carbons (Fsp3) is 0.286. The van der Waals surface area contributed by atoms with Gasteiger partial charge in [-0.1, -0.05) is 0 Å². The Hall–Kier alpha value is -2.06. The summed E-state index contributed by atoms with van der Waals surface area (Å²) < 4.78 is 40.0. The highest BCUT2D eigenvalue weighted by Gasteiger charge is 2.31. The lowest BCUT2D eigenvalue weighted by atomic mass is 10.1. The summed E-state index contributed by atoms with van der Waals surface area (Å²) in [5.41, 5.74) is 5.68. The number of rotatable bonds is 3. The number of aryl methyl sites for hydroxylation is 2. The van der Waals surface area contributed by atoms with Crippen LogP contribution in [0.25, 0.3) is 0 Å². The molecule has 0 spiro atoms. The highest BCUT2D eigenvalue weighted by atomic mass is 35.5. The second-order valence-corrected chi connectivity index (χ2v) is 4.88. The Kier molecular flexibility index (Phi) is 5.79. The summed E-state index contributed by atoms with van der Waals surface area (Å²) in [7, 11) is 1.65. The monoisotopic (exact) mass is 348 g/mol. The van der Waals surface area contributed by atoms with Crippen molar-refractivity contribution in [3.8, 4) is 0 Å². The second kappa shape index (κ2) is 7.01. The van der Waals surface area contributed by atoms with Crippen LogP contribution in [0.1, 0.15) is 27.2 Å². The van der Waals surface area contributed by atoms with Crippen LogP contribution in [0.4, 0.5) is 18.9 Å². The minimum absolute atomic E-state index is 0. The normalized spacial score (nSPS) is 11.0. The van der Waals surface area contributed by atoms with Crippen LogP contribution < -0.4 is 11.1 Å². The number of halogens is 4. The summed E-state index contributed by atoms with van der Waals surface area (Å²) in [6, 6.07) is 3.26. The summed E-state index contributed by atoms with van der Waals surface area (Å²) in [4.78, 5) is 12.1. The van der Waals surface area contributed by atoms with Crippen molar-refractivity contribution >= 4 is 24.0 Å². The van der Waals surface area contributed by atoms with Gasteiger partial charge in [0.1, 0.15) is 0 Å². The molecule has 1 aromatic heterocycles. The number of nitrogens with zero attached hydrogens (tertiary/aromatic N) is 2. The van der Waals surface area contributed by atoms with Crippen molar-refractivity contribution in [3.05, 3.63) is 46.8 Å². The molecule has 0 atom stereocenters. The lowest BCUT2D eigenvalue weighted by Crippen LogP contribution is -2.14. The van der Waals surface area contributed by atoms with E-state index >= 15 is 0 Å². The largest absolute Gasteiger partial charge is 0.416 e. The summed E-state index contributed by atoms with van der Waals surface area (Å²) in [5, 5.41) is 6.47. The van der Waals surface area contributed by atoms with Gasteiger partial charge in [-0.25, -0.2) is 0 Å². The summed E-state index contributed by atoms with van der Waals surface area (Å²) in [6.45, 7) is 1.59. The molecule has 0 aliphatic heterocycles. The van der Waals surface area contributed by atoms with Gasteiger partial charge in [0.05, 0.1) is 16.8 Å². The van der Waals surface area contributed by atoms with E-state index in [4.69, 9.17) is 5.73 Å². The molecular weight excluding hydrogens is 333 g/mol. The van der Waals surface area contributed by atoms with E-state index in [0.29, 0.717) is 11.3 Å². The molecule has 5 nitrogen and oxygen atoms in total. The number of benzene rings is 1. The Balaban J connectivity index is 0.00000264. The highest BCUT2D eigenvalue weighted by Crippen LogP contribution is 2.32. The van der Waals surface area contributed by atoms with Crippen LogP contribution in [0.3, 0.4) is 0 Å². The zero-order valence-corrected chi connectivity index (χ0v) is 13.3. The zero-order valence-electron chi connectivity index (χ0n) is 12.4. The van der Waals surface area contributed by atoms with Crippen LogP contribution in [0.2, 0.25) is 0 Å². The Morgan fingerprint density at radius 2 is 2.00 bits per heavy atom. The maximum atomic E-state index is 12.8. The number of aromatic nitrogens is 2. The fourth-order valence-corrected chi connectivity index (χ4v) is 2.07. The third kappa shape index (κ3) is 4.46. The first-order chi connectivity index (χ1) is 10.2. The first-order valence-electron chi connectivity index (χ1n) is 6.43.